The van der Waals surface area contributed by atoms with Crippen LogP contribution in [-0.4, -0.2) is 22.5 Å². The molecule has 1 saturated carbocycles. The molecule has 3 rings (SSSR count). The van der Waals surface area contributed by atoms with Crippen LogP contribution in [0.15, 0.2) is 41.7 Å². The summed E-state index contributed by atoms with van der Waals surface area (Å²) < 4.78 is 5.42. The molecule has 0 amide bonds. The van der Waals surface area contributed by atoms with Crippen molar-refractivity contribution >= 4 is 11.8 Å². The van der Waals surface area contributed by atoms with E-state index < -0.39 is 11.6 Å². The maximum Gasteiger partial charge on any atom is 0.346 e. The van der Waals surface area contributed by atoms with Crippen molar-refractivity contribution < 1.29 is 19.4 Å². The Morgan fingerprint density at radius 1 is 1.21 bits per heavy atom. The summed E-state index contributed by atoms with van der Waals surface area (Å²) in [5.41, 5.74) is -0.112. The number of aryl methyl sites for hydroxylation is 1. The number of ketones is 1. The molecule has 24 heavy (non-hydrogen) atoms. The molecule has 0 radical (unpaired) electrons. The number of carbonyl (C=O) groups is 2. The Labute approximate surface area is 142 Å². The zero-order valence-electron chi connectivity index (χ0n) is 14.1. The van der Waals surface area contributed by atoms with Crippen molar-refractivity contribution in [2.24, 2.45) is 5.92 Å². The van der Waals surface area contributed by atoms with Crippen LogP contribution in [-0.2, 0) is 20.7 Å². The fourth-order valence-corrected chi connectivity index (χ4v) is 3.65. The Bertz CT molecular complexity index is 655. The minimum atomic E-state index is -1.10. The number of hydrogen-bond acceptors (Lipinski definition) is 4. The first-order chi connectivity index (χ1) is 11.5. The monoisotopic (exact) mass is 328 g/mol. The Morgan fingerprint density at radius 3 is 2.54 bits per heavy atom. The zero-order valence-corrected chi connectivity index (χ0v) is 14.1. The third kappa shape index (κ3) is 3.23. The van der Waals surface area contributed by atoms with E-state index in [0.717, 1.165) is 37.7 Å². The van der Waals surface area contributed by atoms with Gasteiger partial charge in [-0.05, 0) is 38.2 Å². The molecule has 4 heteroatoms. The van der Waals surface area contributed by atoms with Gasteiger partial charge in [0.15, 0.2) is 17.1 Å². The lowest BCUT2D eigenvalue weighted by molar-refractivity contribution is -0.148. The van der Waals surface area contributed by atoms with Gasteiger partial charge in [-0.25, -0.2) is 4.79 Å². The summed E-state index contributed by atoms with van der Waals surface area (Å²) >= 11 is 0. The fraction of sp³-hybridized carbons (Fsp3) is 0.500. The summed E-state index contributed by atoms with van der Waals surface area (Å²) in [6.07, 6.45) is 5.85. The van der Waals surface area contributed by atoms with Gasteiger partial charge in [-0.2, -0.15) is 0 Å². The smallest absolute Gasteiger partial charge is 0.346 e. The van der Waals surface area contributed by atoms with Crippen LogP contribution < -0.4 is 0 Å². The van der Waals surface area contributed by atoms with Crippen LogP contribution in [0.4, 0.5) is 0 Å². The summed E-state index contributed by atoms with van der Waals surface area (Å²) in [5.74, 6) is -1.24. The SMILES string of the molecule is CC1(CCc2ccccc2)OC(=O)C(C(=O)C2CCCCC2)=C1O. The van der Waals surface area contributed by atoms with E-state index in [1.165, 1.54) is 0 Å². The minimum Gasteiger partial charge on any atom is -0.507 e. The molecule has 0 saturated heterocycles. The predicted molar refractivity (Wildman–Crippen MR) is 90.5 cm³/mol. The van der Waals surface area contributed by atoms with Crippen molar-refractivity contribution in [2.45, 2.75) is 57.5 Å². The van der Waals surface area contributed by atoms with E-state index in [-0.39, 0.29) is 23.0 Å². The topological polar surface area (TPSA) is 63.6 Å². The first kappa shape index (κ1) is 16.7. The average molecular weight is 328 g/mol. The minimum absolute atomic E-state index is 0.113. The van der Waals surface area contributed by atoms with Crippen molar-refractivity contribution in [2.75, 3.05) is 0 Å². The predicted octanol–water partition coefficient (Wildman–Crippen LogP) is 3.90. The molecule has 2 aliphatic rings. The molecule has 128 valence electrons. The molecule has 0 bridgehead atoms. The molecular weight excluding hydrogens is 304 g/mol. The van der Waals surface area contributed by atoms with Gasteiger partial charge in [0.1, 0.15) is 5.57 Å². The molecule has 1 atom stereocenters. The molecule has 0 spiro atoms. The van der Waals surface area contributed by atoms with Crippen molar-refractivity contribution in [1.82, 2.24) is 0 Å². The molecule has 4 nitrogen and oxygen atoms in total. The highest BCUT2D eigenvalue weighted by molar-refractivity contribution is 6.20. The molecular formula is C20H24O4. The van der Waals surface area contributed by atoms with Crippen LogP contribution in [0.3, 0.4) is 0 Å². The lowest BCUT2D eigenvalue weighted by Crippen LogP contribution is -2.28. The molecule has 1 aliphatic heterocycles. The summed E-state index contributed by atoms with van der Waals surface area (Å²) in [4.78, 5) is 24.9. The highest BCUT2D eigenvalue weighted by Gasteiger charge is 2.47. The number of benzene rings is 1. The number of esters is 1. The first-order valence-corrected chi connectivity index (χ1v) is 8.76. The van der Waals surface area contributed by atoms with Gasteiger partial charge in [-0.3, -0.25) is 4.79 Å². The molecule has 1 N–H and O–H groups in total. The third-order valence-electron chi connectivity index (χ3n) is 5.22. The normalized spacial score (nSPS) is 25.0. The Kier molecular flexibility index (Phi) is 4.74. The first-order valence-electron chi connectivity index (χ1n) is 8.76. The van der Waals surface area contributed by atoms with E-state index in [4.69, 9.17) is 4.74 Å². The number of carbonyl (C=O) groups excluding carboxylic acids is 2. The Morgan fingerprint density at radius 2 is 1.88 bits per heavy atom. The lowest BCUT2D eigenvalue weighted by atomic mass is 9.82. The fourth-order valence-electron chi connectivity index (χ4n) is 3.65. The third-order valence-corrected chi connectivity index (χ3v) is 5.22. The van der Waals surface area contributed by atoms with Gasteiger partial charge < -0.3 is 9.84 Å². The van der Waals surface area contributed by atoms with Crippen molar-refractivity contribution in [3.63, 3.8) is 0 Å². The Balaban J connectivity index is 1.76. The highest BCUT2D eigenvalue weighted by atomic mass is 16.6. The Hall–Kier alpha value is -2.10. The van der Waals surface area contributed by atoms with E-state index >= 15 is 0 Å². The van der Waals surface area contributed by atoms with Crippen LogP contribution in [0.2, 0.25) is 0 Å². The van der Waals surface area contributed by atoms with Gasteiger partial charge >= 0.3 is 5.97 Å². The van der Waals surface area contributed by atoms with E-state index in [1.807, 2.05) is 30.3 Å². The second kappa shape index (κ2) is 6.80. The molecule has 1 heterocycles. The van der Waals surface area contributed by atoms with Crippen molar-refractivity contribution in [1.29, 1.82) is 0 Å². The second-order valence-corrected chi connectivity index (χ2v) is 7.03. The summed E-state index contributed by atoms with van der Waals surface area (Å²) in [7, 11) is 0. The van der Waals surface area contributed by atoms with Crippen LogP contribution in [0.5, 0.6) is 0 Å². The van der Waals surface area contributed by atoms with Gasteiger partial charge in [0.2, 0.25) is 0 Å². The highest BCUT2D eigenvalue weighted by Crippen LogP contribution is 2.38. The summed E-state index contributed by atoms with van der Waals surface area (Å²) in [5, 5.41) is 10.6. The molecule has 0 aromatic heterocycles. The van der Waals surface area contributed by atoms with Crippen LogP contribution in [0, 0.1) is 5.92 Å². The van der Waals surface area contributed by atoms with Gasteiger partial charge in [0.25, 0.3) is 0 Å². The van der Waals surface area contributed by atoms with E-state index in [9.17, 15) is 14.7 Å². The van der Waals surface area contributed by atoms with Gasteiger partial charge in [-0.15, -0.1) is 0 Å². The van der Waals surface area contributed by atoms with Crippen molar-refractivity contribution in [3.05, 3.63) is 47.2 Å². The number of Topliss-reactive ketones (excluding diaryl/α,β-unsaturated/α-hetero) is 1. The molecule has 1 aromatic rings. The largest absolute Gasteiger partial charge is 0.507 e. The van der Waals surface area contributed by atoms with Crippen LogP contribution >= 0.6 is 0 Å². The molecule has 1 fully saturated rings. The van der Waals surface area contributed by atoms with E-state index in [1.54, 1.807) is 6.92 Å². The summed E-state index contributed by atoms with van der Waals surface area (Å²) in [6.45, 7) is 1.68. The quantitative estimate of drug-likeness (QED) is 0.658. The van der Waals surface area contributed by atoms with Gasteiger partial charge in [-0.1, -0.05) is 49.6 Å². The lowest BCUT2D eigenvalue weighted by Gasteiger charge is -2.23. The average Bonchev–Trinajstić information content (AvgIpc) is 2.84. The standard InChI is InChI=1S/C20H24O4/c1-20(13-12-14-8-4-2-5-9-14)18(22)16(19(23)24-20)17(21)15-10-6-3-7-11-15/h2,4-5,8-9,15,22H,3,6-7,10-13H2,1H3. The van der Waals surface area contributed by atoms with Crippen LogP contribution in [0.25, 0.3) is 0 Å². The van der Waals surface area contributed by atoms with E-state index in [2.05, 4.69) is 0 Å². The second-order valence-electron chi connectivity index (χ2n) is 7.03. The van der Waals surface area contributed by atoms with Gasteiger partial charge in [0.05, 0.1) is 0 Å². The number of rotatable bonds is 5. The maximum absolute atomic E-state index is 12.7. The van der Waals surface area contributed by atoms with Gasteiger partial charge in [0, 0.05) is 5.92 Å². The number of aliphatic hydroxyl groups excluding tert-OH is 1. The number of cyclic esters (lactones) is 1. The molecule has 1 unspecified atom stereocenters. The van der Waals surface area contributed by atoms with E-state index in [0.29, 0.717) is 12.8 Å². The molecule has 1 aliphatic carbocycles. The van der Waals surface area contributed by atoms with Crippen LogP contribution in [0.1, 0.15) is 51.0 Å². The number of hydrogen-bond donors (Lipinski definition) is 1. The number of aliphatic hydroxyl groups is 1. The summed E-state index contributed by atoms with van der Waals surface area (Å²) in [6, 6.07) is 9.83. The van der Waals surface area contributed by atoms with Crippen molar-refractivity contribution in [3.8, 4) is 0 Å². The molecule has 1 aromatic carbocycles. The number of ether oxygens (including phenoxy) is 1. The zero-order chi connectivity index (χ0) is 17.2. The maximum atomic E-state index is 12.7.